The molecule has 0 fully saturated rings. The first-order valence-corrected chi connectivity index (χ1v) is 6.40. The number of hydrogen-bond donors (Lipinski definition) is 3. The fraction of sp³-hybridized carbons (Fsp3) is 0.125. The van der Waals surface area contributed by atoms with Crippen molar-refractivity contribution in [1.82, 2.24) is 4.98 Å². The smallest absolute Gasteiger partial charge is 0.261 e. The predicted octanol–water partition coefficient (Wildman–Crippen LogP) is 1.25. The van der Waals surface area contributed by atoms with Gasteiger partial charge in [0.15, 0.2) is 0 Å². The third-order valence-electron chi connectivity index (χ3n) is 2.81. The number of aromatic nitrogens is 1. The molecule has 2 aromatic rings. The van der Waals surface area contributed by atoms with Gasteiger partial charge in [-0.05, 0) is 36.8 Å². The van der Waals surface area contributed by atoms with Gasteiger partial charge in [-0.25, -0.2) is 0 Å². The molecule has 1 amide bonds. The summed E-state index contributed by atoms with van der Waals surface area (Å²) >= 11 is 0. The molecule has 0 bridgehead atoms. The summed E-state index contributed by atoms with van der Waals surface area (Å²) in [7, 11) is 0. The first-order chi connectivity index (χ1) is 10.1. The predicted molar refractivity (Wildman–Crippen MR) is 82.1 cm³/mol. The van der Waals surface area contributed by atoms with E-state index in [1.165, 1.54) is 12.3 Å². The zero-order valence-electron chi connectivity index (χ0n) is 11.6. The maximum absolute atomic E-state index is 12.1. The molecule has 0 aliphatic carbocycles. The molecule has 5 nitrogen and oxygen atoms in total. The van der Waals surface area contributed by atoms with E-state index in [1.54, 1.807) is 12.1 Å². The number of carbonyl (C=O) groups is 1. The van der Waals surface area contributed by atoms with Crippen LogP contribution in [-0.4, -0.2) is 17.4 Å². The summed E-state index contributed by atoms with van der Waals surface area (Å²) < 4.78 is 0. The Morgan fingerprint density at radius 3 is 2.90 bits per heavy atom. The van der Waals surface area contributed by atoms with Crippen LogP contribution in [0.15, 0.2) is 41.3 Å². The van der Waals surface area contributed by atoms with Crippen LogP contribution in [0.3, 0.4) is 0 Å². The number of aryl methyl sites for hydroxylation is 1. The second-order valence-electron chi connectivity index (χ2n) is 4.42. The van der Waals surface area contributed by atoms with Crippen molar-refractivity contribution >= 4 is 11.6 Å². The number of carbonyl (C=O) groups excluding carboxylic acids is 1. The molecule has 1 aromatic carbocycles. The monoisotopic (exact) mass is 281 g/mol. The topological polar surface area (TPSA) is 88.0 Å². The van der Waals surface area contributed by atoms with Crippen molar-refractivity contribution < 1.29 is 4.79 Å². The summed E-state index contributed by atoms with van der Waals surface area (Å²) in [6, 6.07) is 8.53. The molecule has 0 saturated heterocycles. The molecule has 106 valence electrons. The fourth-order valence-corrected chi connectivity index (χ4v) is 1.81. The van der Waals surface area contributed by atoms with Crippen LogP contribution in [0.1, 0.15) is 21.5 Å². The molecule has 4 N–H and O–H groups in total. The Morgan fingerprint density at radius 2 is 2.19 bits per heavy atom. The van der Waals surface area contributed by atoms with Crippen molar-refractivity contribution in [3.05, 3.63) is 63.6 Å². The third kappa shape index (κ3) is 3.59. The Balaban J connectivity index is 2.33. The number of H-pyrrole nitrogens is 1. The van der Waals surface area contributed by atoms with Crippen molar-refractivity contribution in [2.75, 3.05) is 11.9 Å². The minimum atomic E-state index is -0.475. The van der Waals surface area contributed by atoms with E-state index in [2.05, 4.69) is 22.1 Å². The Kier molecular flexibility index (Phi) is 4.54. The molecule has 0 aliphatic rings. The number of aromatic amines is 1. The highest BCUT2D eigenvalue weighted by Gasteiger charge is 2.11. The molecule has 0 aliphatic heterocycles. The molecule has 2 rings (SSSR count). The zero-order chi connectivity index (χ0) is 15.2. The second kappa shape index (κ2) is 6.55. The Labute approximate surface area is 122 Å². The second-order valence-corrected chi connectivity index (χ2v) is 4.42. The van der Waals surface area contributed by atoms with Crippen LogP contribution < -0.4 is 16.6 Å². The molecular weight excluding hydrogens is 266 g/mol. The van der Waals surface area contributed by atoms with Gasteiger partial charge in [-0.1, -0.05) is 17.9 Å². The van der Waals surface area contributed by atoms with E-state index in [0.717, 1.165) is 5.56 Å². The van der Waals surface area contributed by atoms with E-state index >= 15 is 0 Å². The van der Waals surface area contributed by atoms with Crippen molar-refractivity contribution in [3.8, 4) is 11.8 Å². The van der Waals surface area contributed by atoms with Crippen LogP contribution >= 0.6 is 0 Å². The van der Waals surface area contributed by atoms with Gasteiger partial charge in [0.25, 0.3) is 11.5 Å². The van der Waals surface area contributed by atoms with Crippen molar-refractivity contribution in [2.45, 2.75) is 6.92 Å². The Morgan fingerprint density at radius 1 is 1.38 bits per heavy atom. The zero-order valence-corrected chi connectivity index (χ0v) is 11.6. The average Bonchev–Trinajstić information content (AvgIpc) is 2.47. The van der Waals surface area contributed by atoms with Gasteiger partial charge in [0.2, 0.25) is 0 Å². The maximum atomic E-state index is 12.1. The Bertz CT molecular complexity index is 782. The van der Waals surface area contributed by atoms with E-state index < -0.39 is 11.5 Å². The molecule has 1 heterocycles. The number of anilines is 1. The molecule has 0 spiro atoms. The van der Waals surface area contributed by atoms with E-state index in [0.29, 0.717) is 11.3 Å². The maximum Gasteiger partial charge on any atom is 0.261 e. The molecule has 0 radical (unpaired) electrons. The highest BCUT2D eigenvalue weighted by molar-refractivity contribution is 6.04. The lowest BCUT2D eigenvalue weighted by Crippen LogP contribution is -2.22. The molecule has 1 aromatic heterocycles. The minimum absolute atomic E-state index is 0.0517. The lowest BCUT2D eigenvalue weighted by molar-refractivity contribution is 0.102. The Hall–Kier alpha value is -2.84. The van der Waals surface area contributed by atoms with E-state index in [9.17, 15) is 9.59 Å². The molecule has 5 heteroatoms. The molecule has 0 atom stereocenters. The first kappa shape index (κ1) is 14.6. The van der Waals surface area contributed by atoms with Crippen LogP contribution in [-0.2, 0) is 0 Å². The number of rotatable bonds is 2. The largest absolute Gasteiger partial charge is 0.328 e. The summed E-state index contributed by atoms with van der Waals surface area (Å²) in [6.07, 6.45) is 1.48. The van der Waals surface area contributed by atoms with Crippen LogP contribution in [0, 0.1) is 18.8 Å². The van der Waals surface area contributed by atoms with Gasteiger partial charge >= 0.3 is 0 Å². The summed E-state index contributed by atoms with van der Waals surface area (Å²) in [4.78, 5) is 26.2. The average molecular weight is 281 g/mol. The van der Waals surface area contributed by atoms with Gasteiger partial charge in [-0.3, -0.25) is 9.59 Å². The molecule has 0 unspecified atom stereocenters. The molecular formula is C16H15N3O2. The molecule has 21 heavy (non-hydrogen) atoms. The lowest BCUT2D eigenvalue weighted by Gasteiger charge is -2.08. The van der Waals surface area contributed by atoms with Crippen LogP contribution in [0.25, 0.3) is 0 Å². The SMILES string of the molecule is Cc1ccc(NC(=O)c2ccc[nH]c2=O)c(C#CCN)c1. The lowest BCUT2D eigenvalue weighted by atomic mass is 10.1. The van der Waals surface area contributed by atoms with Gasteiger partial charge in [-0.2, -0.15) is 0 Å². The van der Waals surface area contributed by atoms with Crippen molar-refractivity contribution in [1.29, 1.82) is 0 Å². The fourth-order valence-electron chi connectivity index (χ4n) is 1.81. The van der Waals surface area contributed by atoms with Crippen LogP contribution in [0.2, 0.25) is 0 Å². The standard InChI is InChI=1S/C16H15N3O2/c1-11-6-7-14(12(10-11)4-2-8-17)19-16(21)13-5-3-9-18-15(13)20/h3,5-7,9-10H,8,17H2,1H3,(H,18,20)(H,19,21). The number of pyridine rings is 1. The van der Waals surface area contributed by atoms with Gasteiger partial charge in [0.05, 0.1) is 12.2 Å². The molecule has 0 saturated carbocycles. The van der Waals surface area contributed by atoms with E-state index in [-0.39, 0.29) is 12.1 Å². The van der Waals surface area contributed by atoms with Crippen molar-refractivity contribution in [2.24, 2.45) is 5.73 Å². The summed E-state index contributed by atoms with van der Waals surface area (Å²) in [5, 5.41) is 2.70. The van der Waals surface area contributed by atoms with Gasteiger partial charge in [0, 0.05) is 11.8 Å². The quantitative estimate of drug-likeness (QED) is 0.724. The van der Waals surface area contributed by atoms with Crippen molar-refractivity contribution in [3.63, 3.8) is 0 Å². The third-order valence-corrected chi connectivity index (χ3v) is 2.81. The highest BCUT2D eigenvalue weighted by Crippen LogP contribution is 2.17. The van der Waals surface area contributed by atoms with Gasteiger partial charge in [-0.15, -0.1) is 0 Å². The van der Waals surface area contributed by atoms with E-state index in [1.807, 2.05) is 19.1 Å². The highest BCUT2D eigenvalue weighted by atomic mass is 16.2. The number of nitrogens with one attached hydrogen (secondary N) is 2. The van der Waals surface area contributed by atoms with Gasteiger partial charge in [0.1, 0.15) is 5.56 Å². The summed E-state index contributed by atoms with van der Waals surface area (Å²) in [5.74, 6) is 5.19. The van der Waals surface area contributed by atoms with Crippen LogP contribution in [0.4, 0.5) is 5.69 Å². The normalized spacial score (nSPS) is 9.62. The number of amides is 1. The first-order valence-electron chi connectivity index (χ1n) is 6.40. The summed E-state index contributed by atoms with van der Waals surface area (Å²) in [6.45, 7) is 2.17. The summed E-state index contributed by atoms with van der Waals surface area (Å²) in [5.41, 5.74) is 7.23. The number of hydrogen-bond acceptors (Lipinski definition) is 3. The van der Waals surface area contributed by atoms with Gasteiger partial charge < -0.3 is 16.0 Å². The minimum Gasteiger partial charge on any atom is -0.328 e. The van der Waals surface area contributed by atoms with E-state index in [4.69, 9.17) is 5.73 Å². The number of benzene rings is 1. The number of nitrogens with two attached hydrogens (primary N) is 1. The van der Waals surface area contributed by atoms with Crippen LogP contribution in [0.5, 0.6) is 0 Å².